The van der Waals surface area contributed by atoms with Crippen LogP contribution in [-0.4, -0.2) is 26.6 Å². The van der Waals surface area contributed by atoms with E-state index in [1.807, 2.05) is 39.8 Å². The molecule has 8 heteroatoms. The molecule has 0 saturated carbocycles. The van der Waals surface area contributed by atoms with E-state index < -0.39 is 5.97 Å². The second-order valence-electron chi connectivity index (χ2n) is 7.07. The molecule has 3 rings (SSSR count). The van der Waals surface area contributed by atoms with Crippen molar-refractivity contribution < 1.29 is 14.3 Å². The lowest BCUT2D eigenvalue weighted by Gasteiger charge is -2.23. The van der Waals surface area contributed by atoms with Gasteiger partial charge in [-0.05, 0) is 38.8 Å². The number of hydrogen-bond donors (Lipinski definition) is 0. The second-order valence-corrected chi connectivity index (χ2v) is 7.90. The lowest BCUT2D eigenvalue weighted by Crippen LogP contribution is -2.24. The molecule has 3 aromatic rings. The third-order valence-electron chi connectivity index (χ3n) is 4.71. The van der Waals surface area contributed by atoms with Gasteiger partial charge in [0.2, 0.25) is 5.91 Å². The molecule has 152 valence electrons. The van der Waals surface area contributed by atoms with Gasteiger partial charge in [0.25, 0.3) is 0 Å². The Bertz CT molecular complexity index is 1060. The smallest absolute Gasteiger partial charge is 0.342 e. The van der Waals surface area contributed by atoms with Crippen molar-refractivity contribution in [3.8, 4) is 0 Å². The van der Waals surface area contributed by atoms with Gasteiger partial charge in [-0.25, -0.2) is 9.78 Å². The molecule has 0 aliphatic heterocycles. The number of benzene rings is 1. The molecular formula is C21H24N4O3S. The summed E-state index contributed by atoms with van der Waals surface area (Å²) in [7, 11) is 1.77. The molecule has 29 heavy (non-hydrogen) atoms. The lowest BCUT2D eigenvalue weighted by molar-refractivity contribution is -0.115. The first-order valence-corrected chi connectivity index (χ1v) is 10.1. The van der Waals surface area contributed by atoms with E-state index in [1.165, 1.54) is 24.5 Å². The molecule has 0 aliphatic rings. The van der Waals surface area contributed by atoms with Crippen LogP contribution in [0.1, 0.15) is 45.4 Å². The Kier molecular flexibility index (Phi) is 5.83. The van der Waals surface area contributed by atoms with E-state index in [4.69, 9.17) is 4.74 Å². The molecule has 0 radical (unpaired) electrons. The number of amides is 1. The lowest BCUT2D eigenvalue weighted by atomic mass is 10.0. The van der Waals surface area contributed by atoms with Crippen molar-refractivity contribution in [1.82, 2.24) is 14.8 Å². The number of aromatic nitrogens is 3. The standard InChI is InChI=1S/C21H24N4O3S/c1-12-7-13(2)19(14(3)8-12)25(16(5)26)21-23-17(11-29-21)10-28-20(27)18-9-22-24(6)15(18)4/h7-9,11H,10H2,1-6H3. The Hall–Kier alpha value is -3.00. The second kappa shape index (κ2) is 8.16. The number of aryl methyl sites for hydroxylation is 4. The fourth-order valence-corrected chi connectivity index (χ4v) is 4.15. The van der Waals surface area contributed by atoms with Gasteiger partial charge in [-0.1, -0.05) is 17.7 Å². The van der Waals surface area contributed by atoms with Crippen molar-refractivity contribution in [2.24, 2.45) is 7.05 Å². The van der Waals surface area contributed by atoms with Crippen molar-refractivity contribution in [1.29, 1.82) is 0 Å². The van der Waals surface area contributed by atoms with Crippen LogP contribution >= 0.6 is 11.3 Å². The summed E-state index contributed by atoms with van der Waals surface area (Å²) in [6.07, 6.45) is 1.49. The highest BCUT2D eigenvalue weighted by Crippen LogP contribution is 2.34. The van der Waals surface area contributed by atoms with Gasteiger partial charge in [0.05, 0.1) is 17.6 Å². The molecule has 0 spiro atoms. The highest BCUT2D eigenvalue weighted by Gasteiger charge is 2.22. The average Bonchev–Trinajstić information content (AvgIpc) is 3.23. The number of nitrogens with zero attached hydrogens (tertiary/aromatic N) is 4. The summed E-state index contributed by atoms with van der Waals surface area (Å²) in [5, 5.41) is 6.40. The van der Waals surface area contributed by atoms with E-state index >= 15 is 0 Å². The predicted molar refractivity (Wildman–Crippen MR) is 113 cm³/mol. The van der Waals surface area contributed by atoms with Crippen molar-refractivity contribution in [3.05, 3.63) is 57.4 Å². The Morgan fingerprint density at radius 1 is 1.17 bits per heavy atom. The summed E-state index contributed by atoms with van der Waals surface area (Å²) in [6.45, 7) is 9.35. The summed E-state index contributed by atoms with van der Waals surface area (Å²) in [6, 6.07) is 4.09. The van der Waals surface area contributed by atoms with E-state index in [1.54, 1.807) is 22.0 Å². The Balaban J connectivity index is 1.81. The van der Waals surface area contributed by atoms with Crippen LogP contribution in [0.4, 0.5) is 10.8 Å². The van der Waals surface area contributed by atoms with Crippen molar-refractivity contribution >= 4 is 34.0 Å². The molecule has 2 heterocycles. The third-order valence-corrected chi connectivity index (χ3v) is 5.59. The van der Waals surface area contributed by atoms with Crippen LogP contribution in [0.25, 0.3) is 0 Å². The molecular weight excluding hydrogens is 388 g/mol. The topological polar surface area (TPSA) is 77.3 Å². The Morgan fingerprint density at radius 3 is 2.38 bits per heavy atom. The van der Waals surface area contributed by atoms with Gasteiger partial charge < -0.3 is 4.74 Å². The fourth-order valence-electron chi connectivity index (χ4n) is 3.29. The molecule has 1 aromatic carbocycles. The zero-order valence-electron chi connectivity index (χ0n) is 17.4. The number of anilines is 2. The van der Waals surface area contributed by atoms with Gasteiger partial charge in [-0.15, -0.1) is 11.3 Å². The minimum atomic E-state index is -0.446. The maximum atomic E-state index is 12.4. The van der Waals surface area contributed by atoms with Gasteiger partial charge >= 0.3 is 5.97 Å². The number of hydrogen-bond acceptors (Lipinski definition) is 6. The predicted octanol–water partition coefficient (Wildman–Crippen LogP) is 4.15. The van der Waals surface area contributed by atoms with Gasteiger partial charge in [0.1, 0.15) is 12.2 Å². The first-order chi connectivity index (χ1) is 13.7. The van der Waals surface area contributed by atoms with Crippen LogP contribution in [0.2, 0.25) is 0 Å². The summed E-state index contributed by atoms with van der Waals surface area (Å²) < 4.78 is 7.00. The molecule has 0 fully saturated rings. The van der Waals surface area contributed by atoms with Crippen molar-refractivity contribution in [2.75, 3.05) is 4.90 Å². The van der Waals surface area contributed by atoms with Gasteiger partial charge in [0.15, 0.2) is 5.13 Å². The van der Waals surface area contributed by atoms with E-state index in [0.717, 1.165) is 28.1 Å². The largest absolute Gasteiger partial charge is 0.455 e. The highest BCUT2D eigenvalue weighted by atomic mass is 32.1. The molecule has 0 atom stereocenters. The molecule has 1 amide bonds. The number of carbonyl (C=O) groups is 2. The summed E-state index contributed by atoms with van der Waals surface area (Å²) >= 11 is 1.34. The SMILES string of the molecule is CC(=O)N(c1nc(COC(=O)c2cnn(C)c2C)cs1)c1c(C)cc(C)cc1C. The van der Waals surface area contributed by atoms with Crippen LogP contribution in [0.15, 0.2) is 23.7 Å². The van der Waals surface area contributed by atoms with Crippen molar-refractivity contribution in [2.45, 2.75) is 41.2 Å². The molecule has 7 nitrogen and oxygen atoms in total. The highest BCUT2D eigenvalue weighted by molar-refractivity contribution is 7.14. The van der Waals surface area contributed by atoms with E-state index in [0.29, 0.717) is 16.4 Å². The van der Waals surface area contributed by atoms with Crippen LogP contribution in [-0.2, 0) is 23.2 Å². The van der Waals surface area contributed by atoms with Gasteiger partial charge in [-0.3, -0.25) is 14.4 Å². The molecule has 0 bridgehead atoms. The van der Waals surface area contributed by atoms with Crippen molar-refractivity contribution in [3.63, 3.8) is 0 Å². The summed E-state index contributed by atoms with van der Waals surface area (Å²) in [4.78, 5) is 30.9. The Labute approximate surface area is 173 Å². The average molecular weight is 413 g/mol. The maximum Gasteiger partial charge on any atom is 0.342 e. The zero-order chi connectivity index (χ0) is 21.3. The Morgan fingerprint density at radius 2 is 1.83 bits per heavy atom. The first kappa shape index (κ1) is 20.7. The van der Waals surface area contributed by atoms with Gasteiger partial charge in [0, 0.05) is 25.0 Å². The quantitative estimate of drug-likeness (QED) is 0.588. The minimum Gasteiger partial charge on any atom is -0.455 e. The molecule has 0 N–H and O–H groups in total. The molecule has 0 saturated heterocycles. The first-order valence-electron chi connectivity index (χ1n) is 9.17. The van der Waals surface area contributed by atoms with Crippen LogP contribution < -0.4 is 4.90 Å². The molecule has 2 aromatic heterocycles. The van der Waals surface area contributed by atoms with Gasteiger partial charge in [-0.2, -0.15) is 5.10 Å². The zero-order valence-corrected chi connectivity index (χ0v) is 18.3. The monoisotopic (exact) mass is 412 g/mol. The van der Waals surface area contributed by atoms with E-state index in [2.05, 4.69) is 10.1 Å². The van der Waals surface area contributed by atoms with Crippen LogP contribution in [0, 0.1) is 27.7 Å². The number of esters is 1. The minimum absolute atomic E-state index is 0.0290. The number of carbonyl (C=O) groups excluding carboxylic acids is 2. The number of ether oxygens (including phenoxy) is 1. The number of thiazole rings is 1. The van der Waals surface area contributed by atoms with Crippen LogP contribution in [0.3, 0.4) is 0 Å². The third kappa shape index (κ3) is 4.22. The molecule has 0 unspecified atom stereocenters. The molecule has 0 aliphatic carbocycles. The number of rotatable bonds is 5. The normalized spacial score (nSPS) is 10.8. The maximum absolute atomic E-state index is 12.4. The van der Waals surface area contributed by atoms with Crippen LogP contribution in [0.5, 0.6) is 0 Å². The van der Waals surface area contributed by atoms with E-state index in [9.17, 15) is 9.59 Å². The van der Waals surface area contributed by atoms with E-state index in [-0.39, 0.29) is 12.5 Å². The summed E-state index contributed by atoms with van der Waals surface area (Å²) in [5.74, 6) is -0.567. The summed E-state index contributed by atoms with van der Waals surface area (Å²) in [5.41, 5.74) is 5.76. The fraction of sp³-hybridized carbons (Fsp3) is 0.333.